The molecule has 0 saturated carbocycles. The number of fused-ring (bicyclic) bond motifs is 8. The van der Waals surface area contributed by atoms with Gasteiger partial charge in [-0.25, -0.2) is 0 Å². The van der Waals surface area contributed by atoms with Gasteiger partial charge < -0.3 is 4.90 Å². The monoisotopic (exact) mass is 801 g/mol. The van der Waals surface area contributed by atoms with E-state index in [0.29, 0.717) is 0 Å². The van der Waals surface area contributed by atoms with Crippen molar-refractivity contribution in [2.24, 2.45) is 0 Å². The number of anilines is 2. The van der Waals surface area contributed by atoms with Crippen LogP contribution in [0.4, 0.5) is 11.4 Å². The molecule has 0 unspecified atom stereocenters. The first kappa shape index (κ1) is 36.8. The van der Waals surface area contributed by atoms with Gasteiger partial charge in [-0.1, -0.05) is 206 Å². The third-order valence-electron chi connectivity index (χ3n) is 13.1. The Hall–Kier alpha value is -8.00. The molecule has 0 aromatic heterocycles. The summed E-state index contributed by atoms with van der Waals surface area (Å²) in [6.07, 6.45) is 4.36. The summed E-state index contributed by atoms with van der Waals surface area (Å²) in [6, 6.07) is 85.0. The first-order valence-corrected chi connectivity index (χ1v) is 22.1. The number of benzene rings is 11. The molecule has 0 radical (unpaired) electrons. The smallest absolute Gasteiger partial charge is 0.0537 e. The van der Waals surface area contributed by atoms with Crippen molar-refractivity contribution in [2.75, 3.05) is 4.90 Å². The zero-order valence-corrected chi connectivity index (χ0v) is 34.9. The normalized spacial score (nSPS) is 12.4. The zero-order valence-electron chi connectivity index (χ0n) is 34.9. The Bertz CT molecular complexity index is 3650. The standard InChI is InChI=1S/C62H43N/c1-5-20-43(21-6-1)55-41-56(44-22-7-2-8-23-44)61-54-39-38-46(40-57(54)51-31-15-16-32-53(51)62(61)60(55)45-25-9-3-10-26-45)48-33-18-35-52-50(48)34-19-37-59(52)63(47-28-11-4-12-29-47)58-36-17-27-42-24-13-14-30-49(42)58/h1-16,18-35,37-41H,17,36H2. The Balaban J connectivity index is 1.14. The van der Waals surface area contributed by atoms with Gasteiger partial charge in [0.25, 0.3) is 0 Å². The van der Waals surface area contributed by atoms with E-state index in [1.165, 1.54) is 115 Å². The molecule has 0 atom stereocenters. The van der Waals surface area contributed by atoms with Crippen molar-refractivity contribution in [1.82, 2.24) is 0 Å². The van der Waals surface area contributed by atoms with Gasteiger partial charge in [-0.15, -0.1) is 0 Å². The minimum absolute atomic E-state index is 0.970. The molecule has 0 amide bonds. The van der Waals surface area contributed by atoms with E-state index in [4.69, 9.17) is 0 Å². The van der Waals surface area contributed by atoms with Crippen molar-refractivity contribution >= 4 is 66.2 Å². The van der Waals surface area contributed by atoms with Gasteiger partial charge in [0, 0.05) is 22.0 Å². The van der Waals surface area contributed by atoms with Gasteiger partial charge in [0.15, 0.2) is 0 Å². The number of nitrogens with zero attached hydrogens (tertiary/aromatic N) is 1. The second-order valence-corrected chi connectivity index (χ2v) is 16.6. The summed E-state index contributed by atoms with van der Waals surface area (Å²) in [6.45, 7) is 0. The minimum atomic E-state index is 0.970. The van der Waals surface area contributed by atoms with Crippen LogP contribution in [0.25, 0.3) is 99.4 Å². The van der Waals surface area contributed by atoms with Crippen LogP contribution >= 0.6 is 0 Å². The number of hydrogen-bond donors (Lipinski definition) is 0. The van der Waals surface area contributed by atoms with Crippen molar-refractivity contribution < 1.29 is 0 Å². The molecule has 0 fully saturated rings. The highest BCUT2D eigenvalue weighted by Crippen LogP contribution is 2.50. The Kier molecular flexibility index (Phi) is 9.04. The fraction of sp³-hybridized carbons (Fsp3) is 0.0323. The largest absolute Gasteiger partial charge is 0.313 e. The van der Waals surface area contributed by atoms with Crippen LogP contribution < -0.4 is 15.3 Å². The van der Waals surface area contributed by atoms with E-state index in [2.05, 4.69) is 241 Å². The highest BCUT2D eigenvalue weighted by molar-refractivity contribution is 6.33. The fourth-order valence-electron chi connectivity index (χ4n) is 10.3. The Morgan fingerprint density at radius 3 is 1.68 bits per heavy atom. The molecule has 0 N–H and O–H groups in total. The maximum atomic E-state index is 2.51. The molecule has 63 heavy (non-hydrogen) atoms. The van der Waals surface area contributed by atoms with E-state index in [1.54, 1.807) is 0 Å². The second-order valence-electron chi connectivity index (χ2n) is 16.6. The summed E-state index contributed by atoms with van der Waals surface area (Å²) in [5.41, 5.74) is 13.5. The first-order valence-electron chi connectivity index (χ1n) is 22.1. The molecule has 0 saturated heterocycles. The summed E-state index contributed by atoms with van der Waals surface area (Å²) < 4.78 is 0. The average molecular weight is 802 g/mol. The lowest BCUT2D eigenvalue weighted by Gasteiger charge is -2.30. The van der Waals surface area contributed by atoms with Gasteiger partial charge in [-0.3, -0.25) is 0 Å². The van der Waals surface area contributed by atoms with Gasteiger partial charge in [-0.2, -0.15) is 0 Å². The maximum absolute atomic E-state index is 2.51. The highest BCUT2D eigenvalue weighted by atomic mass is 15.2. The van der Waals surface area contributed by atoms with E-state index in [1.807, 2.05) is 0 Å². The minimum Gasteiger partial charge on any atom is -0.313 e. The molecule has 296 valence electrons. The van der Waals surface area contributed by atoms with E-state index in [9.17, 15) is 0 Å². The summed E-state index contributed by atoms with van der Waals surface area (Å²) in [5.74, 6) is 0. The van der Waals surface area contributed by atoms with Gasteiger partial charge in [-0.05, 0) is 131 Å². The molecular weight excluding hydrogens is 759 g/mol. The predicted molar refractivity (Wildman–Crippen MR) is 270 cm³/mol. The van der Waals surface area contributed by atoms with E-state index < -0.39 is 0 Å². The van der Waals surface area contributed by atoms with Crippen LogP contribution in [0, 0.1) is 0 Å². The molecule has 0 heterocycles. The SMILES string of the molecule is C1=c2ccccc2=C(N(c2ccccc2)c2cccc3c(-c4ccc5c(c4)c4ccccc4c4c(-c6ccccc6)c(-c6ccccc6)cc(-c6ccccc6)c54)cccc23)CC1. The summed E-state index contributed by atoms with van der Waals surface area (Å²) in [7, 11) is 0. The molecule has 12 rings (SSSR count). The lowest BCUT2D eigenvalue weighted by atomic mass is 9.81. The number of para-hydroxylation sites is 1. The van der Waals surface area contributed by atoms with Gasteiger partial charge >= 0.3 is 0 Å². The van der Waals surface area contributed by atoms with Crippen LogP contribution in [0.5, 0.6) is 0 Å². The third-order valence-corrected chi connectivity index (χ3v) is 13.1. The lowest BCUT2D eigenvalue weighted by Crippen LogP contribution is -2.35. The van der Waals surface area contributed by atoms with Gasteiger partial charge in [0.05, 0.1) is 5.69 Å². The molecule has 0 spiro atoms. The molecular formula is C62H43N. The summed E-state index contributed by atoms with van der Waals surface area (Å²) in [5, 5.41) is 12.7. The highest BCUT2D eigenvalue weighted by Gasteiger charge is 2.23. The number of hydrogen-bond acceptors (Lipinski definition) is 1. The quantitative estimate of drug-likeness (QED) is 0.145. The van der Waals surface area contributed by atoms with Crippen molar-refractivity contribution in [1.29, 1.82) is 0 Å². The third kappa shape index (κ3) is 6.24. The van der Waals surface area contributed by atoms with Crippen molar-refractivity contribution in [3.8, 4) is 44.5 Å². The van der Waals surface area contributed by atoms with Crippen LogP contribution in [0.3, 0.4) is 0 Å². The molecule has 0 aliphatic heterocycles. The lowest BCUT2D eigenvalue weighted by molar-refractivity contribution is 1.03. The van der Waals surface area contributed by atoms with Crippen LogP contribution in [-0.2, 0) is 0 Å². The van der Waals surface area contributed by atoms with E-state index in [-0.39, 0.29) is 0 Å². The molecule has 1 aliphatic rings. The zero-order chi connectivity index (χ0) is 41.7. The second kappa shape index (κ2) is 15.5. The van der Waals surface area contributed by atoms with Crippen molar-refractivity contribution in [3.63, 3.8) is 0 Å². The van der Waals surface area contributed by atoms with Crippen LogP contribution in [-0.4, -0.2) is 0 Å². The molecule has 1 aliphatic carbocycles. The summed E-state index contributed by atoms with van der Waals surface area (Å²) in [4.78, 5) is 2.51. The predicted octanol–water partition coefficient (Wildman–Crippen LogP) is 15.5. The maximum Gasteiger partial charge on any atom is 0.0537 e. The van der Waals surface area contributed by atoms with Gasteiger partial charge in [0.1, 0.15) is 0 Å². The number of rotatable bonds is 7. The van der Waals surface area contributed by atoms with Crippen LogP contribution in [0.1, 0.15) is 12.8 Å². The molecule has 1 heteroatoms. The first-order chi connectivity index (χ1) is 31.3. The Labute approximate surface area is 367 Å². The average Bonchev–Trinajstić information content (AvgIpc) is 3.37. The Morgan fingerprint density at radius 1 is 0.333 bits per heavy atom. The van der Waals surface area contributed by atoms with Gasteiger partial charge in [0.2, 0.25) is 0 Å². The van der Waals surface area contributed by atoms with E-state index in [0.717, 1.165) is 12.8 Å². The Morgan fingerprint density at radius 2 is 0.921 bits per heavy atom. The molecule has 0 bridgehead atoms. The van der Waals surface area contributed by atoms with Crippen LogP contribution in [0.15, 0.2) is 231 Å². The fourth-order valence-corrected chi connectivity index (χ4v) is 10.3. The molecule has 1 nitrogen and oxygen atoms in total. The molecule has 11 aromatic rings. The van der Waals surface area contributed by atoms with Crippen LogP contribution in [0.2, 0.25) is 0 Å². The van der Waals surface area contributed by atoms with E-state index >= 15 is 0 Å². The summed E-state index contributed by atoms with van der Waals surface area (Å²) >= 11 is 0. The van der Waals surface area contributed by atoms with Crippen molar-refractivity contribution in [3.05, 3.63) is 241 Å². The molecule has 11 aromatic carbocycles. The topological polar surface area (TPSA) is 3.24 Å². The van der Waals surface area contributed by atoms with Crippen molar-refractivity contribution in [2.45, 2.75) is 12.8 Å².